The van der Waals surface area contributed by atoms with Gasteiger partial charge >= 0.3 is 0 Å². The number of carbonyl (C=O) groups is 1. The van der Waals surface area contributed by atoms with E-state index in [-0.39, 0.29) is 17.6 Å². The van der Waals surface area contributed by atoms with E-state index in [1.165, 1.54) is 31.2 Å². The average molecular weight is 413 g/mol. The van der Waals surface area contributed by atoms with Crippen LogP contribution >= 0.6 is 0 Å². The van der Waals surface area contributed by atoms with Crippen molar-refractivity contribution in [2.45, 2.75) is 38.1 Å². The molecule has 0 radical (unpaired) electrons. The van der Waals surface area contributed by atoms with Crippen LogP contribution in [0, 0.1) is 5.82 Å². The second-order valence-corrected chi connectivity index (χ2v) is 9.62. The topological polar surface area (TPSA) is 73.8 Å². The number of likely N-dealkylation sites (tertiary alicyclic amines) is 2. The largest absolute Gasteiger partial charge is 0.336 e. The molecule has 156 valence electrons. The summed E-state index contributed by atoms with van der Waals surface area (Å²) in [4.78, 5) is 20.5. The van der Waals surface area contributed by atoms with Gasteiger partial charge in [0.15, 0.2) is 0 Å². The van der Waals surface area contributed by atoms with Crippen LogP contribution in [0.5, 0.6) is 0 Å². The van der Waals surface area contributed by atoms with E-state index in [2.05, 4.69) is 9.88 Å². The Morgan fingerprint density at radius 3 is 2.64 bits per heavy atom. The summed E-state index contributed by atoms with van der Waals surface area (Å²) < 4.78 is 39.4. The highest BCUT2D eigenvalue weighted by Crippen LogP contribution is 2.21. The van der Waals surface area contributed by atoms with Crippen molar-refractivity contribution in [1.82, 2.24) is 19.1 Å². The van der Waals surface area contributed by atoms with Crippen molar-refractivity contribution in [3.8, 4) is 0 Å². The van der Waals surface area contributed by atoms with Gasteiger partial charge in [0.05, 0.1) is 12.5 Å². The summed E-state index contributed by atoms with van der Waals surface area (Å²) in [5.41, 5.74) is 0.182. The maximum Gasteiger partial charge on any atom is 0.272 e. The summed E-state index contributed by atoms with van der Waals surface area (Å²) in [6.07, 6.45) is 6.95. The van der Waals surface area contributed by atoms with Gasteiger partial charge in [0.25, 0.3) is 5.91 Å². The van der Waals surface area contributed by atoms with Gasteiger partial charge in [-0.25, -0.2) is 17.8 Å². The van der Waals surface area contributed by atoms with Crippen LogP contribution < -0.4 is 0 Å². The number of pyridine rings is 1. The number of halogens is 1. The third-order valence-electron chi connectivity index (χ3n) is 5.52. The quantitative estimate of drug-likeness (QED) is 0.680. The van der Waals surface area contributed by atoms with Gasteiger partial charge in [-0.3, -0.25) is 4.79 Å². The first-order valence-corrected chi connectivity index (χ1v) is 11.8. The summed E-state index contributed by atoms with van der Waals surface area (Å²) in [6.45, 7) is 4.46. The number of hydrogen-bond acceptors (Lipinski definition) is 5. The number of sulfonamides is 1. The summed E-state index contributed by atoms with van der Waals surface area (Å²) in [6, 6.07) is 2.35. The molecular formula is C19H29FN4O3S. The van der Waals surface area contributed by atoms with E-state index >= 15 is 0 Å². The summed E-state index contributed by atoms with van der Waals surface area (Å²) in [5, 5.41) is 0. The number of amides is 1. The minimum absolute atomic E-state index is 0.182. The Kier molecular flexibility index (Phi) is 7.00. The van der Waals surface area contributed by atoms with Gasteiger partial charge < -0.3 is 9.80 Å². The lowest BCUT2D eigenvalue weighted by molar-refractivity contribution is 0.0646. The highest BCUT2D eigenvalue weighted by atomic mass is 32.2. The SMILES string of the molecule is CS(=O)(=O)N(CCCN1CCCC1)C1CCCN(C(=O)c2ccc(F)cn2)C1. The Labute approximate surface area is 166 Å². The van der Waals surface area contributed by atoms with Crippen LogP contribution in [0.15, 0.2) is 18.3 Å². The molecule has 1 aromatic heterocycles. The third-order valence-corrected chi connectivity index (χ3v) is 6.85. The second-order valence-electron chi connectivity index (χ2n) is 7.68. The van der Waals surface area contributed by atoms with Gasteiger partial charge in [-0.2, -0.15) is 4.31 Å². The fourth-order valence-corrected chi connectivity index (χ4v) is 5.29. The van der Waals surface area contributed by atoms with Crippen molar-refractivity contribution in [1.29, 1.82) is 0 Å². The van der Waals surface area contributed by atoms with Crippen LogP contribution in [0.3, 0.4) is 0 Å². The van der Waals surface area contributed by atoms with E-state index < -0.39 is 15.8 Å². The molecule has 0 spiro atoms. The average Bonchev–Trinajstić information content (AvgIpc) is 3.18. The van der Waals surface area contributed by atoms with Crippen molar-refractivity contribution in [2.24, 2.45) is 0 Å². The molecule has 2 aliphatic rings. The Hall–Kier alpha value is -1.58. The fraction of sp³-hybridized carbons (Fsp3) is 0.684. The van der Waals surface area contributed by atoms with Crippen molar-refractivity contribution >= 4 is 15.9 Å². The van der Waals surface area contributed by atoms with Crippen LogP contribution in [-0.4, -0.2) is 85.0 Å². The van der Waals surface area contributed by atoms with E-state index in [1.54, 1.807) is 9.21 Å². The van der Waals surface area contributed by atoms with E-state index in [4.69, 9.17) is 0 Å². The molecule has 3 rings (SSSR count). The summed E-state index contributed by atoms with van der Waals surface area (Å²) in [5.74, 6) is -0.774. The van der Waals surface area contributed by atoms with Gasteiger partial charge in [0.2, 0.25) is 10.0 Å². The predicted octanol–water partition coefficient (Wildman–Crippen LogP) is 1.57. The van der Waals surface area contributed by atoms with Crippen molar-refractivity contribution in [2.75, 3.05) is 45.5 Å². The molecule has 0 saturated carbocycles. The molecule has 9 heteroatoms. The molecule has 2 aliphatic heterocycles. The fourth-order valence-electron chi connectivity index (χ4n) is 4.11. The zero-order valence-corrected chi connectivity index (χ0v) is 17.2. The third kappa shape index (κ3) is 5.48. The number of piperidine rings is 1. The molecule has 2 fully saturated rings. The van der Waals surface area contributed by atoms with Crippen LogP contribution in [0.2, 0.25) is 0 Å². The Morgan fingerprint density at radius 2 is 2.00 bits per heavy atom. The van der Waals surface area contributed by atoms with E-state index in [1.807, 2.05) is 0 Å². The molecule has 7 nitrogen and oxygen atoms in total. The zero-order valence-electron chi connectivity index (χ0n) is 16.4. The van der Waals surface area contributed by atoms with Crippen LogP contribution in [0.1, 0.15) is 42.6 Å². The standard InChI is InChI=1S/C19H29FN4O3S/c1-28(26,27)24(13-5-11-22-9-2-3-10-22)17-6-4-12-23(15-17)19(25)18-8-7-16(20)14-21-18/h7-8,14,17H,2-6,9-13,15H2,1H3. The van der Waals surface area contributed by atoms with Crippen molar-refractivity contribution in [3.63, 3.8) is 0 Å². The molecule has 0 aliphatic carbocycles. The molecular weight excluding hydrogens is 383 g/mol. The highest BCUT2D eigenvalue weighted by Gasteiger charge is 2.33. The number of hydrogen-bond donors (Lipinski definition) is 0. The Bertz CT molecular complexity index is 766. The van der Waals surface area contributed by atoms with E-state index in [0.717, 1.165) is 45.1 Å². The molecule has 0 bridgehead atoms. The van der Waals surface area contributed by atoms with Gasteiger partial charge in [-0.1, -0.05) is 0 Å². The van der Waals surface area contributed by atoms with Gasteiger partial charge in [0, 0.05) is 25.7 Å². The number of carbonyl (C=O) groups excluding carboxylic acids is 1. The Morgan fingerprint density at radius 1 is 1.25 bits per heavy atom. The molecule has 2 saturated heterocycles. The second kappa shape index (κ2) is 9.28. The minimum atomic E-state index is -3.37. The van der Waals surface area contributed by atoms with Crippen molar-refractivity contribution < 1.29 is 17.6 Å². The molecule has 0 N–H and O–H groups in total. The molecule has 1 amide bonds. The predicted molar refractivity (Wildman–Crippen MR) is 105 cm³/mol. The monoisotopic (exact) mass is 412 g/mol. The molecule has 3 heterocycles. The molecule has 1 unspecified atom stereocenters. The van der Waals surface area contributed by atoms with Gasteiger partial charge in [0.1, 0.15) is 11.5 Å². The number of rotatable bonds is 7. The van der Waals surface area contributed by atoms with Crippen LogP contribution in [0.25, 0.3) is 0 Å². The maximum absolute atomic E-state index is 13.1. The first-order valence-electron chi connectivity index (χ1n) is 9.94. The number of aromatic nitrogens is 1. The van der Waals surface area contributed by atoms with Crippen LogP contribution in [0.4, 0.5) is 4.39 Å². The lowest BCUT2D eigenvalue weighted by atomic mass is 10.0. The first kappa shape index (κ1) is 21.1. The minimum Gasteiger partial charge on any atom is -0.336 e. The lowest BCUT2D eigenvalue weighted by Crippen LogP contribution is -2.52. The molecule has 0 aromatic carbocycles. The van der Waals surface area contributed by atoms with Gasteiger partial charge in [-0.05, 0) is 63.9 Å². The summed E-state index contributed by atoms with van der Waals surface area (Å²) in [7, 11) is -3.37. The Balaban J connectivity index is 1.63. The summed E-state index contributed by atoms with van der Waals surface area (Å²) >= 11 is 0. The smallest absolute Gasteiger partial charge is 0.272 e. The molecule has 1 aromatic rings. The van der Waals surface area contributed by atoms with E-state index in [0.29, 0.717) is 19.6 Å². The first-order chi connectivity index (χ1) is 13.3. The normalized spacial score (nSPS) is 21.4. The molecule has 28 heavy (non-hydrogen) atoms. The van der Waals surface area contributed by atoms with Gasteiger partial charge in [-0.15, -0.1) is 0 Å². The molecule has 1 atom stereocenters. The zero-order chi connectivity index (χ0) is 20.1. The number of nitrogens with zero attached hydrogens (tertiary/aromatic N) is 4. The van der Waals surface area contributed by atoms with Crippen LogP contribution in [-0.2, 0) is 10.0 Å². The van der Waals surface area contributed by atoms with E-state index in [9.17, 15) is 17.6 Å². The lowest BCUT2D eigenvalue weighted by Gasteiger charge is -2.38. The highest BCUT2D eigenvalue weighted by molar-refractivity contribution is 7.88. The van der Waals surface area contributed by atoms with Crippen molar-refractivity contribution in [3.05, 3.63) is 29.8 Å². The maximum atomic E-state index is 13.1.